The standard InChI is InChI=1S/C23H32N4O2S/c1-5-26(15-17(2)3)21(28)16-30-23-25-24-22(18-11-13-20(29-4)14-12-18)27(23)19-9-7-6-8-10-19/h11-14,19H,2,5-10,15-16H2,1,3-4H3. The molecule has 3 rings (SSSR count). The normalized spacial score (nSPS) is 14.5. The van der Waals surface area contributed by atoms with Crippen LogP contribution >= 0.6 is 11.8 Å². The Labute approximate surface area is 183 Å². The molecule has 0 unspecified atom stereocenters. The molecule has 30 heavy (non-hydrogen) atoms. The van der Waals surface area contributed by atoms with Gasteiger partial charge in [0, 0.05) is 24.7 Å². The number of hydrogen-bond acceptors (Lipinski definition) is 5. The Hall–Kier alpha value is -2.28. The van der Waals surface area contributed by atoms with Gasteiger partial charge in [-0.1, -0.05) is 43.2 Å². The Kier molecular flexibility index (Phi) is 7.96. The zero-order valence-corrected chi connectivity index (χ0v) is 19.1. The SMILES string of the molecule is C=C(C)CN(CC)C(=O)CSc1nnc(-c2ccc(OC)cc2)n1C1CCCCC1. The molecule has 1 heterocycles. The molecule has 7 heteroatoms. The maximum absolute atomic E-state index is 12.7. The van der Waals surface area contributed by atoms with Crippen molar-refractivity contribution in [1.29, 1.82) is 0 Å². The number of aromatic nitrogens is 3. The van der Waals surface area contributed by atoms with Gasteiger partial charge in [0.05, 0.1) is 12.9 Å². The van der Waals surface area contributed by atoms with Crippen LogP contribution in [-0.2, 0) is 4.79 Å². The van der Waals surface area contributed by atoms with Crippen molar-refractivity contribution in [1.82, 2.24) is 19.7 Å². The third-order valence-electron chi connectivity index (χ3n) is 5.47. The number of carbonyl (C=O) groups excluding carboxylic acids is 1. The van der Waals surface area contributed by atoms with Gasteiger partial charge in [-0.15, -0.1) is 10.2 Å². The first kappa shape index (κ1) is 22.4. The Morgan fingerprint density at radius 2 is 1.93 bits per heavy atom. The average molecular weight is 429 g/mol. The highest BCUT2D eigenvalue weighted by Crippen LogP contribution is 2.36. The highest BCUT2D eigenvalue weighted by Gasteiger charge is 2.25. The van der Waals surface area contributed by atoms with E-state index >= 15 is 0 Å². The van der Waals surface area contributed by atoms with E-state index in [1.807, 2.05) is 43.0 Å². The summed E-state index contributed by atoms with van der Waals surface area (Å²) in [7, 11) is 1.67. The molecule has 0 aliphatic heterocycles. The predicted molar refractivity (Wildman–Crippen MR) is 122 cm³/mol. The number of amides is 1. The summed E-state index contributed by atoms with van der Waals surface area (Å²) in [4.78, 5) is 14.5. The van der Waals surface area contributed by atoms with Gasteiger partial charge >= 0.3 is 0 Å². The van der Waals surface area contributed by atoms with Crippen LogP contribution in [0.4, 0.5) is 0 Å². The molecule has 6 nitrogen and oxygen atoms in total. The smallest absolute Gasteiger partial charge is 0.233 e. The minimum Gasteiger partial charge on any atom is -0.497 e. The molecule has 0 atom stereocenters. The van der Waals surface area contributed by atoms with Crippen molar-refractivity contribution in [2.24, 2.45) is 0 Å². The molecule has 0 spiro atoms. The van der Waals surface area contributed by atoms with Gasteiger partial charge in [-0.2, -0.15) is 0 Å². The fraction of sp³-hybridized carbons (Fsp3) is 0.522. The van der Waals surface area contributed by atoms with Crippen LogP contribution in [-0.4, -0.2) is 51.5 Å². The number of hydrogen-bond donors (Lipinski definition) is 0. The first-order chi connectivity index (χ1) is 14.5. The molecule has 1 aromatic heterocycles. The Morgan fingerprint density at radius 3 is 2.53 bits per heavy atom. The van der Waals surface area contributed by atoms with Gasteiger partial charge in [0.15, 0.2) is 11.0 Å². The quantitative estimate of drug-likeness (QED) is 0.417. The van der Waals surface area contributed by atoms with E-state index in [0.29, 0.717) is 24.9 Å². The molecule has 1 aliphatic carbocycles. The van der Waals surface area contributed by atoms with E-state index in [4.69, 9.17) is 4.74 Å². The molecule has 1 aliphatic rings. The van der Waals surface area contributed by atoms with Crippen LogP contribution in [0.1, 0.15) is 52.0 Å². The Balaban J connectivity index is 1.83. The topological polar surface area (TPSA) is 60.3 Å². The summed E-state index contributed by atoms with van der Waals surface area (Å²) < 4.78 is 7.54. The molecule has 0 saturated heterocycles. The maximum atomic E-state index is 12.7. The predicted octanol–water partition coefficient (Wildman–Crippen LogP) is 4.98. The van der Waals surface area contributed by atoms with Crippen LogP contribution in [0.2, 0.25) is 0 Å². The van der Waals surface area contributed by atoms with Gasteiger partial charge in [-0.3, -0.25) is 9.36 Å². The number of rotatable bonds is 9. The van der Waals surface area contributed by atoms with Crippen LogP contribution in [0, 0.1) is 0 Å². The largest absolute Gasteiger partial charge is 0.497 e. The summed E-state index contributed by atoms with van der Waals surface area (Å²) in [6.45, 7) is 9.16. The van der Waals surface area contributed by atoms with Crippen LogP contribution in [0.25, 0.3) is 11.4 Å². The van der Waals surface area contributed by atoms with Gasteiger partial charge in [0.2, 0.25) is 5.91 Å². The van der Waals surface area contributed by atoms with Gasteiger partial charge in [-0.25, -0.2) is 0 Å². The van der Waals surface area contributed by atoms with E-state index in [0.717, 1.165) is 40.7 Å². The van der Waals surface area contributed by atoms with E-state index in [1.54, 1.807) is 7.11 Å². The second-order valence-electron chi connectivity index (χ2n) is 7.85. The van der Waals surface area contributed by atoms with Crippen molar-refractivity contribution in [2.75, 3.05) is 26.0 Å². The third kappa shape index (κ3) is 5.45. The van der Waals surface area contributed by atoms with Crippen molar-refractivity contribution >= 4 is 17.7 Å². The van der Waals surface area contributed by atoms with Crippen molar-refractivity contribution < 1.29 is 9.53 Å². The second-order valence-corrected chi connectivity index (χ2v) is 8.79. The van der Waals surface area contributed by atoms with E-state index in [1.165, 1.54) is 31.0 Å². The van der Waals surface area contributed by atoms with Crippen LogP contribution in [0.15, 0.2) is 41.6 Å². The highest BCUT2D eigenvalue weighted by atomic mass is 32.2. The molecule has 162 valence electrons. The Bertz CT molecular complexity index is 857. The summed E-state index contributed by atoms with van der Waals surface area (Å²) in [6, 6.07) is 8.31. The number of carbonyl (C=O) groups is 1. The molecule has 0 radical (unpaired) electrons. The molecule has 0 bridgehead atoms. The molecule has 1 saturated carbocycles. The van der Waals surface area contributed by atoms with Crippen LogP contribution in [0.3, 0.4) is 0 Å². The lowest BCUT2D eigenvalue weighted by atomic mass is 9.95. The van der Waals surface area contributed by atoms with Crippen molar-refractivity contribution in [3.05, 3.63) is 36.4 Å². The van der Waals surface area contributed by atoms with E-state index in [2.05, 4.69) is 21.3 Å². The summed E-state index contributed by atoms with van der Waals surface area (Å²) >= 11 is 1.49. The van der Waals surface area contributed by atoms with E-state index in [9.17, 15) is 4.79 Å². The lowest BCUT2D eigenvalue weighted by molar-refractivity contribution is -0.127. The lowest BCUT2D eigenvalue weighted by Gasteiger charge is -2.26. The minimum absolute atomic E-state index is 0.106. The molecule has 1 fully saturated rings. The van der Waals surface area contributed by atoms with Crippen LogP contribution < -0.4 is 4.74 Å². The van der Waals surface area contributed by atoms with Gasteiger partial charge in [-0.05, 0) is 51.0 Å². The summed E-state index contributed by atoms with van der Waals surface area (Å²) in [5.41, 5.74) is 2.01. The number of likely N-dealkylation sites (N-methyl/N-ethyl adjacent to an activating group) is 1. The zero-order chi connectivity index (χ0) is 21.5. The second kappa shape index (κ2) is 10.7. The van der Waals surface area contributed by atoms with Gasteiger partial charge in [0.25, 0.3) is 0 Å². The van der Waals surface area contributed by atoms with Crippen molar-refractivity contribution in [2.45, 2.75) is 57.1 Å². The van der Waals surface area contributed by atoms with Crippen molar-refractivity contribution in [3.8, 4) is 17.1 Å². The summed E-state index contributed by atoms with van der Waals surface area (Å²) in [5.74, 6) is 2.15. The number of benzene rings is 1. The maximum Gasteiger partial charge on any atom is 0.233 e. The van der Waals surface area contributed by atoms with Gasteiger partial charge < -0.3 is 9.64 Å². The fourth-order valence-electron chi connectivity index (χ4n) is 3.90. The minimum atomic E-state index is 0.106. The molecule has 2 aromatic rings. The fourth-order valence-corrected chi connectivity index (χ4v) is 4.81. The molecular formula is C23H32N4O2S. The van der Waals surface area contributed by atoms with Gasteiger partial charge in [0.1, 0.15) is 5.75 Å². The number of nitrogens with zero attached hydrogens (tertiary/aromatic N) is 4. The summed E-state index contributed by atoms with van der Waals surface area (Å²) in [6.07, 6.45) is 5.97. The average Bonchev–Trinajstić information content (AvgIpc) is 3.20. The number of thioether (sulfide) groups is 1. The highest BCUT2D eigenvalue weighted by molar-refractivity contribution is 7.99. The molecule has 1 aromatic carbocycles. The lowest BCUT2D eigenvalue weighted by Crippen LogP contribution is -2.33. The van der Waals surface area contributed by atoms with E-state index < -0.39 is 0 Å². The summed E-state index contributed by atoms with van der Waals surface area (Å²) in [5, 5.41) is 9.83. The zero-order valence-electron chi connectivity index (χ0n) is 18.3. The number of methoxy groups -OCH3 is 1. The third-order valence-corrected chi connectivity index (χ3v) is 6.40. The first-order valence-electron chi connectivity index (χ1n) is 10.7. The number of ether oxygens (including phenoxy) is 1. The van der Waals surface area contributed by atoms with Crippen LogP contribution in [0.5, 0.6) is 5.75 Å². The Morgan fingerprint density at radius 1 is 1.23 bits per heavy atom. The van der Waals surface area contributed by atoms with E-state index in [-0.39, 0.29) is 5.91 Å². The molecular weight excluding hydrogens is 396 g/mol. The first-order valence-corrected chi connectivity index (χ1v) is 11.7. The molecule has 1 amide bonds. The monoisotopic (exact) mass is 428 g/mol. The van der Waals surface area contributed by atoms with Crippen molar-refractivity contribution in [3.63, 3.8) is 0 Å². The molecule has 0 N–H and O–H groups in total.